The maximum Gasteiger partial charge on any atom is 0.230 e. The Morgan fingerprint density at radius 1 is 0.893 bits per heavy atom. The van der Waals surface area contributed by atoms with Crippen molar-refractivity contribution in [2.75, 3.05) is 24.3 Å². The molecule has 4 aromatic rings. The highest BCUT2D eigenvalue weighted by Gasteiger charge is 2.05. The first-order valence-electron chi connectivity index (χ1n) is 9.12. The van der Waals surface area contributed by atoms with Crippen LogP contribution in [0.2, 0.25) is 0 Å². The van der Waals surface area contributed by atoms with E-state index in [0.717, 1.165) is 41.1 Å². The Morgan fingerprint density at radius 2 is 1.71 bits per heavy atom. The van der Waals surface area contributed by atoms with E-state index in [4.69, 9.17) is 4.74 Å². The molecule has 0 saturated carbocycles. The minimum Gasteiger partial charge on any atom is -0.497 e. The number of anilines is 3. The average molecular weight is 371 g/mol. The van der Waals surface area contributed by atoms with E-state index in [2.05, 4.69) is 43.8 Å². The van der Waals surface area contributed by atoms with Crippen LogP contribution < -0.4 is 15.4 Å². The molecule has 0 atom stereocenters. The second-order valence-corrected chi connectivity index (χ2v) is 6.30. The van der Waals surface area contributed by atoms with Crippen LogP contribution in [0.5, 0.6) is 5.75 Å². The molecular weight excluding hydrogens is 350 g/mol. The van der Waals surface area contributed by atoms with Crippen LogP contribution in [0.25, 0.3) is 10.8 Å². The Kier molecular flexibility index (Phi) is 5.29. The minimum atomic E-state index is 0.512. The molecule has 0 aliphatic rings. The van der Waals surface area contributed by atoms with Gasteiger partial charge in [-0.1, -0.05) is 36.4 Å². The molecule has 0 aliphatic heterocycles. The number of nitrogens with zero attached hydrogens (tertiary/aromatic N) is 3. The number of ether oxygens (including phenoxy) is 1. The van der Waals surface area contributed by atoms with E-state index < -0.39 is 0 Å². The molecule has 2 heterocycles. The first kappa shape index (κ1) is 17.7. The van der Waals surface area contributed by atoms with Crippen molar-refractivity contribution < 1.29 is 4.74 Å². The minimum absolute atomic E-state index is 0.512. The lowest BCUT2D eigenvalue weighted by Gasteiger charge is -2.10. The number of methoxy groups -OCH3 is 1. The molecule has 0 radical (unpaired) electrons. The van der Waals surface area contributed by atoms with Crippen LogP contribution in [-0.4, -0.2) is 28.6 Å². The molecule has 0 unspecified atom stereocenters. The molecule has 0 fully saturated rings. The molecule has 2 aromatic carbocycles. The smallest absolute Gasteiger partial charge is 0.230 e. The van der Waals surface area contributed by atoms with Gasteiger partial charge in [0, 0.05) is 24.3 Å². The first-order chi connectivity index (χ1) is 13.8. The van der Waals surface area contributed by atoms with Gasteiger partial charge in [-0.15, -0.1) is 0 Å². The summed E-state index contributed by atoms with van der Waals surface area (Å²) in [5.74, 6) is 2.89. The molecule has 4 rings (SSSR count). The highest BCUT2D eigenvalue weighted by molar-refractivity contribution is 5.92. The van der Waals surface area contributed by atoms with Crippen LogP contribution in [0, 0.1) is 0 Å². The van der Waals surface area contributed by atoms with Crippen molar-refractivity contribution in [3.63, 3.8) is 0 Å². The molecule has 0 saturated heterocycles. The molecule has 6 heteroatoms. The van der Waals surface area contributed by atoms with Gasteiger partial charge >= 0.3 is 0 Å². The van der Waals surface area contributed by atoms with Gasteiger partial charge in [0.05, 0.1) is 7.11 Å². The zero-order chi connectivity index (χ0) is 19.2. The molecular formula is C22H21N5O. The number of pyridine rings is 1. The van der Waals surface area contributed by atoms with Gasteiger partial charge < -0.3 is 15.4 Å². The number of fused-ring (bicyclic) bond motifs is 1. The van der Waals surface area contributed by atoms with E-state index in [0.29, 0.717) is 5.95 Å². The summed E-state index contributed by atoms with van der Waals surface area (Å²) < 4.78 is 5.19. The molecule has 28 heavy (non-hydrogen) atoms. The average Bonchev–Trinajstić information content (AvgIpc) is 2.75. The third-order valence-electron chi connectivity index (χ3n) is 4.44. The van der Waals surface area contributed by atoms with Gasteiger partial charge in [-0.05, 0) is 41.6 Å². The van der Waals surface area contributed by atoms with E-state index in [1.165, 1.54) is 5.56 Å². The Morgan fingerprint density at radius 3 is 2.57 bits per heavy atom. The lowest BCUT2D eigenvalue weighted by Crippen LogP contribution is -2.08. The zero-order valence-electron chi connectivity index (χ0n) is 15.6. The van der Waals surface area contributed by atoms with Crippen molar-refractivity contribution >= 4 is 28.4 Å². The second kappa shape index (κ2) is 8.35. The highest BCUT2D eigenvalue weighted by atomic mass is 16.5. The van der Waals surface area contributed by atoms with Crippen LogP contribution in [0.1, 0.15) is 5.56 Å². The number of hydrogen-bond donors (Lipinski definition) is 2. The largest absolute Gasteiger partial charge is 0.497 e. The number of nitrogens with one attached hydrogen (secondary N) is 2. The lowest BCUT2D eigenvalue weighted by atomic mass is 10.1. The molecule has 2 aromatic heterocycles. The fourth-order valence-corrected chi connectivity index (χ4v) is 2.97. The number of aromatic nitrogens is 3. The van der Waals surface area contributed by atoms with E-state index >= 15 is 0 Å². The van der Waals surface area contributed by atoms with E-state index in [-0.39, 0.29) is 0 Å². The van der Waals surface area contributed by atoms with Crippen LogP contribution in [0.15, 0.2) is 73.1 Å². The van der Waals surface area contributed by atoms with Crippen LogP contribution in [-0.2, 0) is 6.42 Å². The summed E-state index contributed by atoms with van der Waals surface area (Å²) in [7, 11) is 1.67. The van der Waals surface area contributed by atoms with Gasteiger partial charge in [-0.2, -0.15) is 4.98 Å². The Bertz CT molecular complexity index is 1060. The quantitative estimate of drug-likeness (QED) is 0.501. The van der Waals surface area contributed by atoms with Crippen LogP contribution in [0.4, 0.5) is 17.6 Å². The van der Waals surface area contributed by atoms with Crippen LogP contribution in [0.3, 0.4) is 0 Å². The molecule has 0 amide bonds. The van der Waals surface area contributed by atoms with Gasteiger partial charge in [0.1, 0.15) is 17.4 Å². The number of hydrogen-bond acceptors (Lipinski definition) is 6. The SMILES string of the molecule is COc1ccc(CCNc2ccnc(Nc3nccc4ccccc34)n2)cc1. The Hall–Kier alpha value is -3.67. The normalized spacial score (nSPS) is 10.6. The second-order valence-electron chi connectivity index (χ2n) is 6.30. The van der Waals surface area contributed by atoms with Crippen molar-refractivity contribution in [3.8, 4) is 5.75 Å². The van der Waals surface area contributed by atoms with Crippen molar-refractivity contribution in [1.29, 1.82) is 0 Å². The standard InChI is InChI=1S/C22H21N5O/c1-28-18-8-6-16(7-9-18)10-13-23-20-12-15-25-22(26-20)27-21-19-5-3-2-4-17(19)11-14-24-21/h2-9,11-12,14-15H,10,13H2,1H3,(H2,23,24,25,26,27). The third kappa shape index (κ3) is 4.17. The number of rotatable bonds is 7. The Labute approximate surface area is 163 Å². The van der Waals surface area contributed by atoms with Gasteiger partial charge in [-0.25, -0.2) is 9.97 Å². The predicted octanol–water partition coefficient (Wildman–Crippen LogP) is 4.43. The van der Waals surface area contributed by atoms with Crippen molar-refractivity contribution in [1.82, 2.24) is 15.0 Å². The monoisotopic (exact) mass is 371 g/mol. The maximum absolute atomic E-state index is 5.19. The summed E-state index contributed by atoms with van der Waals surface area (Å²) >= 11 is 0. The molecule has 140 valence electrons. The summed E-state index contributed by atoms with van der Waals surface area (Å²) in [6, 6.07) is 20.0. The lowest BCUT2D eigenvalue weighted by molar-refractivity contribution is 0.414. The number of benzene rings is 2. The zero-order valence-corrected chi connectivity index (χ0v) is 15.6. The Balaban J connectivity index is 1.41. The third-order valence-corrected chi connectivity index (χ3v) is 4.44. The van der Waals surface area contributed by atoms with Gasteiger partial charge in [0.15, 0.2) is 0 Å². The molecule has 6 nitrogen and oxygen atoms in total. The fraction of sp³-hybridized carbons (Fsp3) is 0.136. The van der Waals surface area contributed by atoms with E-state index in [1.807, 2.05) is 42.5 Å². The van der Waals surface area contributed by atoms with Crippen molar-refractivity contribution in [3.05, 3.63) is 78.6 Å². The summed E-state index contributed by atoms with van der Waals surface area (Å²) in [4.78, 5) is 13.3. The molecule has 0 spiro atoms. The molecule has 0 bridgehead atoms. The maximum atomic E-state index is 5.19. The summed E-state index contributed by atoms with van der Waals surface area (Å²) in [5, 5.41) is 8.72. The van der Waals surface area contributed by atoms with Crippen molar-refractivity contribution in [2.24, 2.45) is 0 Å². The van der Waals surface area contributed by atoms with Crippen LogP contribution >= 0.6 is 0 Å². The topological polar surface area (TPSA) is 72.0 Å². The van der Waals surface area contributed by atoms with Crippen molar-refractivity contribution in [2.45, 2.75) is 6.42 Å². The highest BCUT2D eigenvalue weighted by Crippen LogP contribution is 2.22. The molecule has 2 N–H and O–H groups in total. The summed E-state index contributed by atoms with van der Waals surface area (Å²) in [5.41, 5.74) is 1.24. The predicted molar refractivity (Wildman–Crippen MR) is 112 cm³/mol. The summed E-state index contributed by atoms with van der Waals surface area (Å²) in [6.45, 7) is 0.773. The fourth-order valence-electron chi connectivity index (χ4n) is 2.97. The van der Waals surface area contributed by atoms with Gasteiger partial charge in [-0.3, -0.25) is 0 Å². The van der Waals surface area contributed by atoms with E-state index in [1.54, 1.807) is 19.5 Å². The van der Waals surface area contributed by atoms with E-state index in [9.17, 15) is 0 Å². The molecule has 0 aliphatic carbocycles. The van der Waals surface area contributed by atoms with Gasteiger partial charge in [0.25, 0.3) is 0 Å². The summed E-state index contributed by atoms with van der Waals surface area (Å²) in [6.07, 6.45) is 4.40. The van der Waals surface area contributed by atoms with Gasteiger partial charge in [0.2, 0.25) is 5.95 Å². The first-order valence-corrected chi connectivity index (χ1v) is 9.12.